The summed E-state index contributed by atoms with van der Waals surface area (Å²) in [4.78, 5) is 0. The summed E-state index contributed by atoms with van der Waals surface area (Å²) in [5, 5.41) is 0. The number of hydrogen-bond donors (Lipinski definition) is 0. The van der Waals surface area contributed by atoms with Gasteiger partial charge in [0.05, 0.1) is 0 Å². The van der Waals surface area contributed by atoms with Crippen LogP contribution in [0.2, 0.25) is 0 Å². The Bertz CT molecular complexity index is 589. The largest absolute Gasteiger partial charge is 0.0622 e. The van der Waals surface area contributed by atoms with Gasteiger partial charge in [0.15, 0.2) is 0 Å². The molecule has 0 amide bonds. The van der Waals surface area contributed by atoms with Crippen molar-refractivity contribution in [1.29, 1.82) is 0 Å². The van der Waals surface area contributed by atoms with Crippen molar-refractivity contribution in [3.05, 3.63) is 70.3 Å². The number of hydrogen-bond acceptors (Lipinski definition) is 0. The van der Waals surface area contributed by atoms with Gasteiger partial charge in [0, 0.05) is 0 Å². The first-order chi connectivity index (χ1) is 10.1. The topological polar surface area (TPSA) is 0 Å². The zero-order chi connectivity index (χ0) is 14.9. The van der Waals surface area contributed by atoms with E-state index in [9.17, 15) is 0 Å². The predicted octanol–water partition coefficient (Wildman–Crippen LogP) is 5.16. The third-order valence-electron chi connectivity index (χ3n) is 4.99. The van der Waals surface area contributed by atoms with Gasteiger partial charge in [-0.05, 0) is 65.3 Å². The van der Waals surface area contributed by atoms with Gasteiger partial charge in [-0.1, -0.05) is 63.2 Å². The highest BCUT2D eigenvalue weighted by molar-refractivity contribution is 5.43. The molecule has 0 heteroatoms. The van der Waals surface area contributed by atoms with Gasteiger partial charge in [0.2, 0.25) is 0 Å². The third kappa shape index (κ3) is 2.90. The molecule has 0 radical (unpaired) electrons. The van der Waals surface area contributed by atoms with Gasteiger partial charge in [0.1, 0.15) is 0 Å². The predicted molar refractivity (Wildman–Crippen MR) is 90.9 cm³/mol. The maximum absolute atomic E-state index is 2.49. The monoisotopic (exact) mass is 278 g/mol. The molecule has 0 saturated carbocycles. The van der Waals surface area contributed by atoms with Crippen LogP contribution in [0.4, 0.5) is 0 Å². The van der Waals surface area contributed by atoms with Crippen LogP contribution in [0.25, 0.3) is 0 Å². The number of benzene rings is 2. The van der Waals surface area contributed by atoms with E-state index in [0.717, 1.165) is 12.8 Å². The summed E-state index contributed by atoms with van der Waals surface area (Å²) in [6.45, 7) is 7.01. The zero-order valence-corrected chi connectivity index (χ0v) is 13.6. The molecule has 2 aromatic rings. The summed E-state index contributed by atoms with van der Waals surface area (Å²) in [6.07, 6.45) is 5.96. The van der Waals surface area contributed by atoms with Crippen LogP contribution >= 0.6 is 0 Å². The van der Waals surface area contributed by atoms with Crippen LogP contribution in [0.1, 0.15) is 48.6 Å². The Morgan fingerprint density at radius 2 is 1.38 bits per heavy atom. The van der Waals surface area contributed by atoms with Crippen molar-refractivity contribution in [2.45, 2.75) is 52.9 Å². The van der Waals surface area contributed by atoms with E-state index in [4.69, 9.17) is 0 Å². The molecule has 2 aromatic carbocycles. The summed E-state index contributed by atoms with van der Waals surface area (Å²) in [5.74, 6) is 0. The fourth-order valence-electron chi connectivity index (χ4n) is 3.97. The highest BCUT2D eigenvalue weighted by Crippen LogP contribution is 2.40. The standard InChI is InChI=1S/C21H26/c1-4-17-11-19-14-21(3,13-16-9-7-6-8-10-16)15-20(19)12-18(17)5-2/h6-12H,4-5,13-15H2,1-3H3. The molecule has 0 aliphatic heterocycles. The Balaban J connectivity index is 1.86. The van der Waals surface area contributed by atoms with Crippen LogP contribution in [0.3, 0.4) is 0 Å². The van der Waals surface area contributed by atoms with Gasteiger partial charge < -0.3 is 0 Å². The van der Waals surface area contributed by atoms with Crippen molar-refractivity contribution in [2.24, 2.45) is 5.41 Å². The molecule has 0 spiro atoms. The van der Waals surface area contributed by atoms with E-state index < -0.39 is 0 Å². The average molecular weight is 278 g/mol. The molecule has 0 unspecified atom stereocenters. The van der Waals surface area contributed by atoms with E-state index in [1.54, 1.807) is 22.3 Å². The van der Waals surface area contributed by atoms with Crippen molar-refractivity contribution in [3.63, 3.8) is 0 Å². The van der Waals surface area contributed by atoms with E-state index in [1.807, 2.05) is 0 Å². The molecule has 0 bridgehead atoms. The van der Waals surface area contributed by atoms with Crippen molar-refractivity contribution < 1.29 is 0 Å². The maximum Gasteiger partial charge on any atom is -0.0204 e. The molecule has 0 atom stereocenters. The lowest BCUT2D eigenvalue weighted by Crippen LogP contribution is -2.19. The van der Waals surface area contributed by atoms with Crippen LogP contribution in [-0.2, 0) is 32.1 Å². The normalized spacial score (nSPS) is 16.0. The molecular weight excluding hydrogens is 252 g/mol. The van der Waals surface area contributed by atoms with Crippen LogP contribution in [-0.4, -0.2) is 0 Å². The fourth-order valence-corrected chi connectivity index (χ4v) is 3.97. The molecule has 110 valence electrons. The molecule has 21 heavy (non-hydrogen) atoms. The zero-order valence-electron chi connectivity index (χ0n) is 13.6. The minimum Gasteiger partial charge on any atom is -0.0622 e. The Kier molecular flexibility index (Phi) is 3.89. The van der Waals surface area contributed by atoms with Crippen LogP contribution < -0.4 is 0 Å². The Morgan fingerprint density at radius 1 is 0.857 bits per heavy atom. The van der Waals surface area contributed by atoms with E-state index in [1.165, 1.54) is 24.8 Å². The maximum atomic E-state index is 2.49. The molecule has 0 heterocycles. The van der Waals surface area contributed by atoms with E-state index in [-0.39, 0.29) is 0 Å². The second kappa shape index (κ2) is 5.67. The quantitative estimate of drug-likeness (QED) is 0.724. The molecule has 0 N–H and O–H groups in total. The molecule has 0 nitrogen and oxygen atoms in total. The molecule has 0 fully saturated rings. The van der Waals surface area contributed by atoms with E-state index >= 15 is 0 Å². The minimum absolute atomic E-state index is 0.390. The number of aryl methyl sites for hydroxylation is 2. The average Bonchev–Trinajstić information content (AvgIpc) is 2.81. The first-order valence-corrected chi connectivity index (χ1v) is 8.31. The van der Waals surface area contributed by atoms with Crippen LogP contribution in [0.5, 0.6) is 0 Å². The second-order valence-electron chi connectivity index (χ2n) is 6.92. The van der Waals surface area contributed by atoms with Gasteiger partial charge in [-0.2, -0.15) is 0 Å². The lowest BCUT2D eigenvalue weighted by Gasteiger charge is -2.23. The summed E-state index contributed by atoms with van der Waals surface area (Å²) < 4.78 is 0. The third-order valence-corrected chi connectivity index (χ3v) is 4.99. The van der Waals surface area contributed by atoms with Gasteiger partial charge in [-0.25, -0.2) is 0 Å². The second-order valence-corrected chi connectivity index (χ2v) is 6.92. The highest BCUT2D eigenvalue weighted by Gasteiger charge is 2.33. The van der Waals surface area contributed by atoms with Gasteiger partial charge in [-0.15, -0.1) is 0 Å². The van der Waals surface area contributed by atoms with Gasteiger partial charge in [-0.3, -0.25) is 0 Å². The van der Waals surface area contributed by atoms with Crippen molar-refractivity contribution in [2.75, 3.05) is 0 Å². The molecule has 1 aliphatic carbocycles. The van der Waals surface area contributed by atoms with Gasteiger partial charge >= 0.3 is 0 Å². The van der Waals surface area contributed by atoms with Crippen molar-refractivity contribution in [3.8, 4) is 0 Å². The Morgan fingerprint density at radius 3 is 1.86 bits per heavy atom. The first kappa shape index (κ1) is 14.4. The summed E-state index contributed by atoms with van der Waals surface area (Å²) in [7, 11) is 0. The Hall–Kier alpha value is -1.56. The SMILES string of the molecule is CCc1cc2c(cc1CC)CC(C)(Cc1ccccc1)C2. The highest BCUT2D eigenvalue weighted by atomic mass is 14.4. The van der Waals surface area contributed by atoms with Crippen molar-refractivity contribution in [1.82, 2.24) is 0 Å². The van der Waals surface area contributed by atoms with E-state index in [0.29, 0.717) is 5.41 Å². The summed E-state index contributed by atoms with van der Waals surface area (Å²) in [6, 6.07) is 15.9. The molecule has 3 rings (SSSR count). The molecule has 0 saturated heterocycles. The molecular formula is C21H26. The van der Waals surface area contributed by atoms with E-state index in [2.05, 4.69) is 63.2 Å². The van der Waals surface area contributed by atoms with Gasteiger partial charge in [0.25, 0.3) is 0 Å². The number of rotatable bonds is 4. The van der Waals surface area contributed by atoms with Crippen LogP contribution in [0.15, 0.2) is 42.5 Å². The molecule has 0 aromatic heterocycles. The number of fused-ring (bicyclic) bond motifs is 1. The smallest absolute Gasteiger partial charge is 0.0204 e. The molecule has 1 aliphatic rings. The lowest BCUT2D eigenvalue weighted by atomic mass is 9.81. The first-order valence-electron chi connectivity index (χ1n) is 8.31. The minimum atomic E-state index is 0.390. The lowest BCUT2D eigenvalue weighted by molar-refractivity contribution is 0.343. The fraction of sp³-hybridized carbons (Fsp3) is 0.429. The van der Waals surface area contributed by atoms with Crippen LogP contribution in [0, 0.1) is 5.41 Å². The summed E-state index contributed by atoms with van der Waals surface area (Å²) in [5.41, 5.74) is 8.17. The summed E-state index contributed by atoms with van der Waals surface area (Å²) >= 11 is 0. The Labute approximate surface area is 129 Å². The van der Waals surface area contributed by atoms with Crippen molar-refractivity contribution >= 4 is 0 Å².